The number of rotatable bonds is 2. The van der Waals surface area contributed by atoms with Crippen molar-refractivity contribution in [1.82, 2.24) is 0 Å². The Morgan fingerprint density at radius 2 is 1.70 bits per heavy atom. The van der Waals surface area contributed by atoms with Gasteiger partial charge in [-0.25, -0.2) is 0 Å². The van der Waals surface area contributed by atoms with Gasteiger partial charge >= 0.3 is 0 Å². The molecule has 1 aliphatic rings. The molecule has 1 aliphatic heterocycles. The van der Waals surface area contributed by atoms with Crippen LogP contribution in [0.2, 0.25) is 5.02 Å². The SMILES string of the molecule is Cc1ccccc1C(O)c1cc2c(cc1Cl)OCCO2. The van der Waals surface area contributed by atoms with E-state index < -0.39 is 6.10 Å². The third-order valence-electron chi connectivity index (χ3n) is 3.44. The number of aliphatic hydroxyl groups excluding tert-OH is 1. The zero-order valence-corrected chi connectivity index (χ0v) is 11.9. The van der Waals surface area contributed by atoms with E-state index in [2.05, 4.69) is 0 Å². The molecule has 0 saturated heterocycles. The molecule has 0 radical (unpaired) electrons. The molecular weight excluding hydrogens is 276 g/mol. The van der Waals surface area contributed by atoms with E-state index in [-0.39, 0.29) is 0 Å². The lowest BCUT2D eigenvalue weighted by atomic mass is 9.97. The average molecular weight is 291 g/mol. The molecule has 0 amide bonds. The lowest BCUT2D eigenvalue weighted by Crippen LogP contribution is -2.16. The number of ether oxygens (including phenoxy) is 2. The molecule has 0 aliphatic carbocycles. The first kappa shape index (κ1) is 13.3. The summed E-state index contributed by atoms with van der Waals surface area (Å²) >= 11 is 6.26. The van der Waals surface area contributed by atoms with Crippen LogP contribution in [0.1, 0.15) is 22.8 Å². The Bertz CT molecular complexity index is 640. The monoisotopic (exact) mass is 290 g/mol. The minimum atomic E-state index is -0.778. The summed E-state index contributed by atoms with van der Waals surface area (Å²) in [7, 11) is 0. The van der Waals surface area contributed by atoms with Gasteiger partial charge in [0.05, 0.1) is 5.02 Å². The van der Waals surface area contributed by atoms with Crippen LogP contribution in [0.25, 0.3) is 0 Å². The van der Waals surface area contributed by atoms with Crippen LogP contribution in [0.5, 0.6) is 11.5 Å². The summed E-state index contributed by atoms with van der Waals surface area (Å²) in [4.78, 5) is 0. The van der Waals surface area contributed by atoms with Gasteiger partial charge in [-0.05, 0) is 24.1 Å². The van der Waals surface area contributed by atoms with E-state index in [0.29, 0.717) is 35.3 Å². The van der Waals surface area contributed by atoms with Crippen molar-refractivity contribution in [3.63, 3.8) is 0 Å². The molecule has 0 bridgehead atoms. The summed E-state index contributed by atoms with van der Waals surface area (Å²) in [5.41, 5.74) is 2.49. The van der Waals surface area contributed by atoms with Crippen LogP contribution in [0, 0.1) is 6.92 Å². The lowest BCUT2D eigenvalue weighted by molar-refractivity contribution is 0.169. The van der Waals surface area contributed by atoms with Gasteiger partial charge in [-0.3, -0.25) is 0 Å². The molecule has 1 unspecified atom stereocenters. The van der Waals surface area contributed by atoms with Crippen molar-refractivity contribution in [2.45, 2.75) is 13.0 Å². The second kappa shape index (κ2) is 5.35. The molecule has 20 heavy (non-hydrogen) atoms. The van der Waals surface area contributed by atoms with Crippen LogP contribution in [0.4, 0.5) is 0 Å². The van der Waals surface area contributed by atoms with Gasteiger partial charge < -0.3 is 14.6 Å². The highest BCUT2D eigenvalue weighted by molar-refractivity contribution is 6.31. The highest BCUT2D eigenvalue weighted by Crippen LogP contribution is 2.39. The van der Waals surface area contributed by atoms with Crippen LogP contribution >= 0.6 is 11.6 Å². The Kier molecular flexibility index (Phi) is 3.55. The Balaban J connectivity index is 2.03. The van der Waals surface area contributed by atoms with Gasteiger partial charge in [-0.15, -0.1) is 0 Å². The summed E-state index contributed by atoms with van der Waals surface area (Å²) in [6.45, 7) is 2.99. The first-order chi connectivity index (χ1) is 9.66. The average Bonchev–Trinajstić information content (AvgIpc) is 2.46. The zero-order chi connectivity index (χ0) is 14.1. The molecule has 104 valence electrons. The summed E-state index contributed by atoms with van der Waals surface area (Å²) in [6.07, 6.45) is -0.778. The lowest BCUT2D eigenvalue weighted by Gasteiger charge is -2.22. The number of fused-ring (bicyclic) bond motifs is 1. The molecule has 1 N–H and O–H groups in total. The van der Waals surface area contributed by atoms with Crippen molar-refractivity contribution < 1.29 is 14.6 Å². The molecule has 0 saturated carbocycles. The van der Waals surface area contributed by atoms with E-state index in [9.17, 15) is 5.11 Å². The van der Waals surface area contributed by atoms with E-state index >= 15 is 0 Å². The van der Waals surface area contributed by atoms with Crippen molar-refractivity contribution in [3.05, 3.63) is 58.1 Å². The Morgan fingerprint density at radius 1 is 1.05 bits per heavy atom. The van der Waals surface area contributed by atoms with Gasteiger partial charge in [-0.1, -0.05) is 35.9 Å². The molecule has 3 nitrogen and oxygen atoms in total. The number of aryl methyl sites for hydroxylation is 1. The standard InChI is InChI=1S/C16H15ClO3/c1-10-4-2-3-5-11(10)16(18)12-8-14-15(9-13(12)17)20-7-6-19-14/h2-5,8-9,16,18H,6-7H2,1H3. The van der Waals surface area contributed by atoms with Gasteiger partial charge in [0, 0.05) is 11.6 Å². The van der Waals surface area contributed by atoms with E-state index in [4.69, 9.17) is 21.1 Å². The maximum absolute atomic E-state index is 10.6. The van der Waals surface area contributed by atoms with Crippen molar-refractivity contribution in [3.8, 4) is 11.5 Å². The van der Waals surface area contributed by atoms with Gasteiger partial charge in [0.25, 0.3) is 0 Å². The molecule has 0 fully saturated rings. The third kappa shape index (κ3) is 2.35. The second-order valence-corrected chi connectivity index (χ2v) is 5.18. The number of hydrogen-bond donors (Lipinski definition) is 1. The maximum Gasteiger partial charge on any atom is 0.162 e. The number of hydrogen-bond acceptors (Lipinski definition) is 3. The zero-order valence-electron chi connectivity index (χ0n) is 11.1. The van der Waals surface area contributed by atoms with Crippen molar-refractivity contribution >= 4 is 11.6 Å². The summed E-state index contributed by atoms with van der Waals surface area (Å²) in [6, 6.07) is 11.2. The Hall–Kier alpha value is -1.71. The number of halogens is 1. The summed E-state index contributed by atoms with van der Waals surface area (Å²) in [5, 5.41) is 11.1. The third-order valence-corrected chi connectivity index (χ3v) is 3.77. The van der Waals surface area contributed by atoms with E-state index in [1.54, 1.807) is 12.1 Å². The normalized spacial score (nSPS) is 14.9. The molecule has 2 aromatic rings. The number of benzene rings is 2. The molecule has 2 aromatic carbocycles. The largest absolute Gasteiger partial charge is 0.486 e. The second-order valence-electron chi connectivity index (χ2n) is 4.78. The van der Waals surface area contributed by atoms with Crippen molar-refractivity contribution in [2.75, 3.05) is 13.2 Å². The predicted octanol–water partition coefficient (Wildman–Crippen LogP) is 3.50. The summed E-state index contributed by atoms with van der Waals surface area (Å²) in [5.74, 6) is 1.25. The highest BCUT2D eigenvalue weighted by Gasteiger charge is 2.21. The predicted molar refractivity (Wildman–Crippen MR) is 77.7 cm³/mol. The molecule has 0 aromatic heterocycles. The molecule has 1 heterocycles. The maximum atomic E-state index is 10.6. The van der Waals surface area contributed by atoms with Crippen molar-refractivity contribution in [1.29, 1.82) is 0 Å². The van der Waals surface area contributed by atoms with Crippen LogP contribution in [0.15, 0.2) is 36.4 Å². The Labute approximate surface area is 122 Å². The number of aliphatic hydroxyl groups is 1. The van der Waals surface area contributed by atoms with Crippen LogP contribution in [0.3, 0.4) is 0 Å². The highest BCUT2D eigenvalue weighted by atomic mass is 35.5. The fraction of sp³-hybridized carbons (Fsp3) is 0.250. The van der Waals surface area contributed by atoms with Crippen molar-refractivity contribution in [2.24, 2.45) is 0 Å². The molecular formula is C16H15ClO3. The van der Waals surface area contributed by atoms with E-state index in [1.165, 1.54) is 0 Å². The molecule has 4 heteroatoms. The quantitative estimate of drug-likeness (QED) is 0.920. The van der Waals surface area contributed by atoms with Gasteiger partial charge in [0.1, 0.15) is 19.3 Å². The molecule has 1 atom stereocenters. The smallest absolute Gasteiger partial charge is 0.162 e. The van der Waals surface area contributed by atoms with Gasteiger partial charge in [-0.2, -0.15) is 0 Å². The Morgan fingerprint density at radius 3 is 2.40 bits per heavy atom. The fourth-order valence-corrected chi connectivity index (χ4v) is 2.61. The molecule has 3 rings (SSSR count). The van der Waals surface area contributed by atoms with Crippen LogP contribution < -0.4 is 9.47 Å². The minimum absolute atomic E-state index is 0.477. The minimum Gasteiger partial charge on any atom is -0.486 e. The first-order valence-electron chi connectivity index (χ1n) is 6.49. The van der Waals surface area contributed by atoms with Crippen LogP contribution in [-0.2, 0) is 0 Å². The summed E-state index contributed by atoms with van der Waals surface area (Å²) < 4.78 is 11.0. The van der Waals surface area contributed by atoms with Gasteiger partial charge in [0.15, 0.2) is 11.5 Å². The van der Waals surface area contributed by atoms with Crippen LogP contribution in [-0.4, -0.2) is 18.3 Å². The first-order valence-corrected chi connectivity index (χ1v) is 6.87. The van der Waals surface area contributed by atoms with E-state index in [0.717, 1.165) is 11.1 Å². The van der Waals surface area contributed by atoms with E-state index in [1.807, 2.05) is 31.2 Å². The molecule has 0 spiro atoms. The fourth-order valence-electron chi connectivity index (χ4n) is 2.35. The topological polar surface area (TPSA) is 38.7 Å². The van der Waals surface area contributed by atoms with Gasteiger partial charge in [0.2, 0.25) is 0 Å².